The number of amides is 1. The zero-order chi connectivity index (χ0) is 20.1. The number of halogens is 2. The molecule has 0 spiro atoms. The Labute approximate surface area is 160 Å². The molecule has 1 aliphatic heterocycles. The summed E-state index contributed by atoms with van der Waals surface area (Å²) in [5.41, 5.74) is 1.95. The molecule has 0 aliphatic carbocycles. The second kappa shape index (κ2) is 8.69. The van der Waals surface area contributed by atoms with Gasteiger partial charge in [0.2, 0.25) is 0 Å². The molecule has 0 saturated carbocycles. The Morgan fingerprint density at radius 2 is 1.93 bits per heavy atom. The number of nitrogens with zero attached hydrogens (tertiary/aromatic N) is 1. The quantitative estimate of drug-likeness (QED) is 0.677. The van der Waals surface area contributed by atoms with Crippen LogP contribution in [0.3, 0.4) is 0 Å². The summed E-state index contributed by atoms with van der Waals surface area (Å²) in [6.45, 7) is -1.04. The number of alkyl halides is 2. The third-order valence-electron chi connectivity index (χ3n) is 4.21. The molecule has 1 aliphatic rings. The maximum Gasteiger partial charge on any atom is 0.387 e. The Bertz CT molecular complexity index is 871. The van der Waals surface area contributed by atoms with Crippen molar-refractivity contribution < 1.29 is 32.6 Å². The smallest absolute Gasteiger partial charge is 0.387 e. The van der Waals surface area contributed by atoms with E-state index in [1.54, 1.807) is 11.8 Å². The van der Waals surface area contributed by atoms with Crippen molar-refractivity contribution in [2.75, 3.05) is 24.7 Å². The highest BCUT2D eigenvalue weighted by molar-refractivity contribution is 5.98. The first-order valence-corrected chi connectivity index (χ1v) is 8.76. The standard InChI is InChI=1S/C20H19F2NO5/c1-2-26-17-11-14(7-8-16(17)28-20(21)22)19(25)27-12-18(24)23-10-9-13-5-3-4-6-15(13)23/h3-8,11,20H,2,9-10,12H2,1H3. The van der Waals surface area contributed by atoms with Crippen molar-refractivity contribution in [3.63, 3.8) is 0 Å². The summed E-state index contributed by atoms with van der Waals surface area (Å²) in [6, 6.07) is 11.3. The van der Waals surface area contributed by atoms with Gasteiger partial charge in [0.25, 0.3) is 5.91 Å². The number of esters is 1. The number of carbonyl (C=O) groups excluding carboxylic acids is 2. The number of rotatable bonds is 7. The number of hydrogen-bond acceptors (Lipinski definition) is 5. The number of anilines is 1. The fourth-order valence-corrected chi connectivity index (χ4v) is 2.98. The summed E-state index contributed by atoms with van der Waals surface area (Å²) in [7, 11) is 0. The average molecular weight is 391 g/mol. The molecule has 28 heavy (non-hydrogen) atoms. The second-order valence-electron chi connectivity index (χ2n) is 5.97. The van der Waals surface area contributed by atoms with Crippen LogP contribution in [0.25, 0.3) is 0 Å². The SMILES string of the molecule is CCOc1cc(C(=O)OCC(=O)N2CCc3ccccc32)ccc1OC(F)F. The van der Waals surface area contributed by atoms with Crippen molar-refractivity contribution in [1.82, 2.24) is 0 Å². The number of carbonyl (C=O) groups is 2. The van der Waals surface area contributed by atoms with E-state index >= 15 is 0 Å². The molecule has 0 atom stereocenters. The Hall–Kier alpha value is -3.16. The van der Waals surface area contributed by atoms with Gasteiger partial charge in [0.05, 0.1) is 12.2 Å². The molecule has 1 amide bonds. The summed E-state index contributed by atoms with van der Waals surface area (Å²) in [4.78, 5) is 26.2. The van der Waals surface area contributed by atoms with Crippen LogP contribution in [-0.2, 0) is 16.0 Å². The molecular weight excluding hydrogens is 372 g/mol. The van der Waals surface area contributed by atoms with Crippen LogP contribution < -0.4 is 14.4 Å². The van der Waals surface area contributed by atoms with Crippen molar-refractivity contribution in [3.05, 3.63) is 53.6 Å². The molecule has 0 bridgehead atoms. The molecule has 6 nitrogen and oxygen atoms in total. The van der Waals surface area contributed by atoms with E-state index in [1.165, 1.54) is 18.2 Å². The molecule has 0 fully saturated rings. The van der Waals surface area contributed by atoms with Crippen molar-refractivity contribution in [3.8, 4) is 11.5 Å². The molecule has 3 rings (SSSR count). The molecular formula is C20H19F2NO5. The highest BCUT2D eigenvalue weighted by Crippen LogP contribution is 2.30. The molecule has 148 valence electrons. The molecule has 1 heterocycles. The summed E-state index contributed by atoms with van der Waals surface area (Å²) in [5.74, 6) is -1.28. The minimum Gasteiger partial charge on any atom is -0.490 e. The number of benzene rings is 2. The lowest BCUT2D eigenvalue weighted by Gasteiger charge is -2.17. The first-order chi connectivity index (χ1) is 13.5. The number of hydrogen-bond donors (Lipinski definition) is 0. The maximum atomic E-state index is 12.5. The molecule has 8 heteroatoms. The molecule has 0 radical (unpaired) electrons. The molecule has 0 saturated heterocycles. The Morgan fingerprint density at radius 1 is 1.14 bits per heavy atom. The van der Waals surface area contributed by atoms with Gasteiger partial charge in [-0.05, 0) is 43.2 Å². The number of fused-ring (bicyclic) bond motifs is 1. The van der Waals surface area contributed by atoms with E-state index in [0.29, 0.717) is 6.54 Å². The Kier molecular flexibility index (Phi) is 6.08. The molecule has 2 aromatic rings. The van der Waals surface area contributed by atoms with Crippen molar-refractivity contribution in [2.24, 2.45) is 0 Å². The van der Waals surface area contributed by atoms with Gasteiger partial charge < -0.3 is 19.1 Å². The van der Waals surface area contributed by atoms with Crippen LogP contribution in [0.5, 0.6) is 11.5 Å². The largest absolute Gasteiger partial charge is 0.490 e. The van der Waals surface area contributed by atoms with E-state index < -0.39 is 19.2 Å². The molecule has 0 aromatic heterocycles. The van der Waals surface area contributed by atoms with Gasteiger partial charge in [-0.15, -0.1) is 0 Å². The van der Waals surface area contributed by atoms with E-state index in [0.717, 1.165) is 17.7 Å². The van der Waals surface area contributed by atoms with Crippen LogP contribution in [0, 0.1) is 0 Å². The molecule has 2 aromatic carbocycles. The summed E-state index contributed by atoms with van der Waals surface area (Å²) in [5, 5.41) is 0. The predicted octanol–water partition coefficient (Wildman–Crippen LogP) is 3.43. The predicted molar refractivity (Wildman–Crippen MR) is 97.0 cm³/mol. The van der Waals surface area contributed by atoms with Gasteiger partial charge >= 0.3 is 12.6 Å². The van der Waals surface area contributed by atoms with Crippen LogP contribution in [0.4, 0.5) is 14.5 Å². The van der Waals surface area contributed by atoms with Gasteiger partial charge in [-0.3, -0.25) is 4.79 Å². The van der Waals surface area contributed by atoms with Crippen LogP contribution in [0.1, 0.15) is 22.8 Å². The fourth-order valence-electron chi connectivity index (χ4n) is 2.98. The van der Waals surface area contributed by atoms with Gasteiger partial charge in [-0.1, -0.05) is 18.2 Å². The van der Waals surface area contributed by atoms with E-state index in [1.807, 2.05) is 24.3 Å². The van der Waals surface area contributed by atoms with E-state index in [9.17, 15) is 18.4 Å². The third kappa shape index (κ3) is 4.39. The highest BCUT2D eigenvalue weighted by Gasteiger charge is 2.25. The summed E-state index contributed by atoms with van der Waals surface area (Å²) < 4.78 is 39.6. The van der Waals surface area contributed by atoms with E-state index in [2.05, 4.69) is 4.74 Å². The zero-order valence-electron chi connectivity index (χ0n) is 15.2. The van der Waals surface area contributed by atoms with Crippen LogP contribution in [0.2, 0.25) is 0 Å². The first kappa shape index (κ1) is 19.6. The minimum absolute atomic E-state index is 0.00273. The normalized spacial score (nSPS) is 12.6. The van der Waals surface area contributed by atoms with Gasteiger partial charge in [0.15, 0.2) is 18.1 Å². The van der Waals surface area contributed by atoms with Gasteiger partial charge in [-0.25, -0.2) is 4.79 Å². The van der Waals surface area contributed by atoms with Gasteiger partial charge in [0.1, 0.15) is 0 Å². The van der Waals surface area contributed by atoms with E-state index in [4.69, 9.17) is 9.47 Å². The van der Waals surface area contributed by atoms with Crippen molar-refractivity contribution in [2.45, 2.75) is 20.0 Å². The van der Waals surface area contributed by atoms with Crippen molar-refractivity contribution >= 4 is 17.6 Å². The second-order valence-corrected chi connectivity index (χ2v) is 5.97. The van der Waals surface area contributed by atoms with E-state index in [-0.39, 0.29) is 29.6 Å². The zero-order valence-corrected chi connectivity index (χ0v) is 15.2. The minimum atomic E-state index is -3.02. The van der Waals surface area contributed by atoms with Crippen LogP contribution >= 0.6 is 0 Å². The topological polar surface area (TPSA) is 65.1 Å². The Balaban J connectivity index is 1.65. The van der Waals surface area contributed by atoms with Gasteiger partial charge in [0, 0.05) is 12.2 Å². The monoisotopic (exact) mass is 391 g/mol. The third-order valence-corrected chi connectivity index (χ3v) is 4.21. The Morgan fingerprint density at radius 3 is 2.68 bits per heavy atom. The van der Waals surface area contributed by atoms with Gasteiger partial charge in [-0.2, -0.15) is 8.78 Å². The highest BCUT2D eigenvalue weighted by atomic mass is 19.3. The molecule has 0 N–H and O–H groups in total. The maximum absolute atomic E-state index is 12.5. The van der Waals surface area contributed by atoms with Crippen molar-refractivity contribution in [1.29, 1.82) is 0 Å². The lowest BCUT2D eigenvalue weighted by atomic mass is 10.2. The van der Waals surface area contributed by atoms with Crippen LogP contribution in [0.15, 0.2) is 42.5 Å². The lowest BCUT2D eigenvalue weighted by molar-refractivity contribution is -0.121. The number of para-hydroxylation sites is 1. The summed E-state index contributed by atoms with van der Waals surface area (Å²) >= 11 is 0. The lowest BCUT2D eigenvalue weighted by Crippen LogP contribution is -2.33. The first-order valence-electron chi connectivity index (χ1n) is 8.76. The fraction of sp³-hybridized carbons (Fsp3) is 0.300. The van der Waals surface area contributed by atoms with Crippen LogP contribution in [-0.4, -0.2) is 38.2 Å². The average Bonchev–Trinajstić information content (AvgIpc) is 3.11. The summed E-state index contributed by atoms with van der Waals surface area (Å²) in [6.07, 6.45) is 0.749. The number of ether oxygens (including phenoxy) is 3. The molecule has 0 unspecified atom stereocenters.